The smallest absolute Gasteiger partial charge is 0.244 e. The van der Waals surface area contributed by atoms with Crippen molar-refractivity contribution in [2.45, 2.75) is 20.3 Å². The van der Waals surface area contributed by atoms with Gasteiger partial charge in [0.25, 0.3) is 0 Å². The summed E-state index contributed by atoms with van der Waals surface area (Å²) in [7, 11) is 0. The molecule has 7 heteroatoms. The minimum atomic E-state index is -0.250. The number of phenolic OH excluding ortho intramolecular Hbond substituents is 1. The number of nitrogens with zero attached hydrogens (tertiary/aromatic N) is 1. The lowest BCUT2D eigenvalue weighted by Crippen LogP contribution is -2.19. The van der Waals surface area contributed by atoms with Crippen LogP contribution in [0.1, 0.15) is 25.0 Å². The van der Waals surface area contributed by atoms with E-state index in [9.17, 15) is 9.90 Å². The van der Waals surface area contributed by atoms with Crippen LogP contribution in [0.25, 0.3) is 0 Å². The summed E-state index contributed by atoms with van der Waals surface area (Å²) in [6, 6.07) is 10.4. The standard InChI is InChI=1S/C19H21ClN2O4/c1-3-25-15-7-5-13(6-8-15)11-18(23)22-21-12-14-9-16(20)19(24)17(10-14)26-4-2/h5-10,12,24H,3-4,11H2,1-2H3,(H,22,23)/b21-12+. The van der Waals surface area contributed by atoms with Crippen LogP contribution < -0.4 is 14.9 Å². The summed E-state index contributed by atoms with van der Waals surface area (Å²) in [5, 5.41) is 13.9. The molecule has 0 radical (unpaired) electrons. The summed E-state index contributed by atoms with van der Waals surface area (Å²) in [6.45, 7) is 4.71. The fourth-order valence-electron chi connectivity index (χ4n) is 2.21. The predicted molar refractivity (Wildman–Crippen MR) is 101 cm³/mol. The molecule has 138 valence electrons. The Morgan fingerprint density at radius 2 is 1.88 bits per heavy atom. The highest BCUT2D eigenvalue weighted by atomic mass is 35.5. The third kappa shape index (κ3) is 5.67. The number of aromatic hydroxyl groups is 1. The van der Waals surface area contributed by atoms with Gasteiger partial charge in [-0.2, -0.15) is 5.10 Å². The second-order valence-corrected chi connectivity index (χ2v) is 5.74. The van der Waals surface area contributed by atoms with Crippen molar-refractivity contribution in [3.8, 4) is 17.2 Å². The largest absolute Gasteiger partial charge is 0.503 e. The van der Waals surface area contributed by atoms with Gasteiger partial charge in [-0.25, -0.2) is 5.43 Å². The molecule has 2 aromatic rings. The van der Waals surface area contributed by atoms with Crippen molar-refractivity contribution in [3.63, 3.8) is 0 Å². The summed E-state index contributed by atoms with van der Waals surface area (Å²) in [6.07, 6.45) is 1.63. The highest BCUT2D eigenvalue weighted by Crippen LogP contribution is 2.34. The van der Waals surface area contributed by atoms with Crippen LogP contribution in [-0.4, -0.2) is 30.4 Å². The monoisotopic (exact) mass is 376 g/mol. The number of amides is 1. The first-order chi connectivity index (χ1) is 12.5. The number of rotatable bonds is 8. The van der Waals surface area contributed by atoms with Gasteiger partial charge in [0.2, 0.25) is 5.91 Å². The van der Waals surface area contributed by atoms with Crippen LogP contribution in [0.3, 0.4) is 0 Å². The number of hydrazone groups is 1. The van der Waals surface area contributed by atoms with E-state index in [-0.39, 0.29) is 28.8 Å². The zero-order valence-electron chi connectivity index (χ0n) is 14.7. The number of carbonyl (C=O) groups is 1. The summed E-state index contributed by atoms with van der Waals surface area (Å²) >= 11 is 5.95. The van der Waals surface area contributed by atoms with Crippen LogP contribution in [0.5, 0.6) is 17.2 Å². The average molecular weight is 377 g/mol. The number of benzene rings is 2. The average Bonchev–Trinajstić information content (AvgIpc) is 2.61. The summed E-state index contributed by atoms with van der Waals surface area (Å²) in [4.78, 5) is 12.0. The molecule has 2 aromatic carbocycles. The fourth-order valence-corrected chi connectivity index (χ4v) is 2.43. The molecule has 26 heavy (non-hydrogen) atoms. The van der Waals surface area contributed by atoms with Crippen LogP contribution in [-0.2, 0) is 11.2 Å². The maximum Gasteiger partial charge on any atom is 0.244 e. The van der Waals surface area contributed by atoms with E-state index in [1.165, 1.54) is 12.3 Å². The maximum absolute atomic E-state index is 12.0. The van der Waals surface area contributed by atoms with E-state index in [1.54, 1.807) is 13.0 Å². The molecule has 1 amide bonds. The lowest BCUT2D eigenvalue weighted by molar-refractivity contribution is -0.120. The van der Waals surface area contributed by atoms with Gasteiger partial charge in [-0.15, -0.1) is 0 Å². The molecular formula is C19H21ClN2O4. The molecule has 0 aliphatic heterocycles. The van der Waals surface area contributed by atoms with Crippen molar-refractivity contribution >= 4 is 23.7 Å². The first-order valence-corrected chi connectivity index (χ1v) is 8.60. The highest BCUT2D eigenvalue weighted by Gasteiger charge is 2.09. The Morgan fingerprint density at radius 1 is 1.19 bits per heavy atom. The second kappa shape index (κ2) is 9.68. The minimum absolute atomic E-state index is 0.120. The van der Waals surface area contributed by atoms with Gasteiger partial charge in [-0.3, -0.25) is 4.79 Å². The van der Waals surface area contributed by atoms with Crippen molar-refractivity contribution in [1.82, 2.24) is 5.43 Å². The van der Waals surface area contributed by atoms with Gasteiger partial charge in [0.05, 0.1) is 30.9 Å². The van der Waals surface area contributed by atoms with Gasteiger partial charge in [-0.05, 0) is 49.2 Å². The zero-order valence-corrected chi connectivity index (χ0v) is 15.4. The van der Waals surface area contributed by atoms with E-state index in [1.807, 2.05) is 31.2 Å². The Labute approximate surface area is 157 Å². The van der Waals surface area contributed by atoms with E-state index in [4.69, 9.17) is 21.1 Å². The molecular weight excluding hydrogens is 356 g/mol. The quantitative estimate of drug-likeness (QED) is 0.545. The number of halogens is 1. The van der Waals surface area contributed by atoms with Crippen LogP contribution in [0.2, 0.25) is 5.02 Å². The molecule has 0 bridgehead atoms. The third-order valence-corrected chi connectivity index (χ3v) is 3.64. The van der Waals surface area contributed by atoms with E-state index in [0.29, 0.717) is 18.8 Å². The first-order valence-electron chi connectivity index (χ1n) is 8.22. The Balaban J connectivity index is 1.94. The lowest BCUT2D eigenvalue weighted by Gasteiger charge is -2.08. The number of nitrogens with one attached hydrogen (secondary N) is 1. The van der Waals surface area contributed by atoms with E-state index >= 15 is 0 Å². The molecule has 0 aliphatic rings. The maximum atomic E-state index is 12.0. The number of phenols is 1. The summed E-state index contributed by atoms with van der Waals surface area (Å²) < 4.78 is 10.7. The van der Waals surface area contributed by atoms with Gasteiger partial charge in [0.1, 0.15) is 5.75 Å². The van der Waals surface area contributed by atoms with E-state index in [0.717, 1.165) is 11.3 Å². The Bertz CT molecular complexity index is 776. The summed E-state index contributed by atoms with van der Waals surface area (Å²) in [5.41, 5.74) is 3.91. The molecule has 0 aromatic heterocycles. The molecule has 2 rings (SSSR count). The highest BCUT2D eigenvalue weighted by molar-refractivity contribution is 6.32. The molecule has 0 aliphatic carbocycles. The van der Waals surface area contributed by atoms with Crippen molar-refractivity contribution in [1.29, 1.82) is 0 Å². The lowest BCUT2D eigenvalue weighted by atomic mass is 10.1. The molecule has 0 saturated heterocycles. The van der Waals surface area contributed by atoms with E-state index in [2.05, 4.69) is 10.5 Å². The van der Waals surface area contributed by atoms with Gasteiger partial charge >= 0.3 is 0 Å². The Hall–Kier alpha value is -2.73. The number of ether oxygens (including phenoxy) is 2. The fraction of sp³-hybridized carbons (Fsp3) is 0.263. The van der Waals surface area contributed by atoms with Crippen LogP contribution in [0.15, 0.2) is 41.5 Å². The van der Waals surface area contributed by atoms with Crippen molar-refractivity contribution < 1.29 is 19.4 Å². The topological polar surface area (TPSA) is 80.2 Å². The van der Waals surface area contributed by atoms with Gasteiger partial charge < -0.3 is 14.6 Å². The molecule has 0 heterocycles. The number of hydrogen-bond acceptors (Lipinski definition) is 5. The zero-order chi connectivity index (χ0) is 18.9. The van der Waals surface area contributed by atoms with Crippen LogP contribution in [0, 0.1) is 0 Å². The van der Waals surface area contributed by atoms with Crippen LogP contribution in [0.4, 0.5) is 0 Å². The number of carbonyl (C=O) groups excluding carboxylic acids is 1. The normalized spacial score (nSPS) is 10.7. The SMILES string of the molecule is CCOc1ccc(CC(=O)N/N=C/c2cc(Cl)c(O)c(OCC)c2)cc1. The van der Waals surface area contributed by atoms with E-state index < -0.39 is 0 Å². The molecule has 0 spiro atoms. The molecule has 0 atom stereocenters. The second-order valence-electron chi connectivity index (χ2n) is 5.33. The molecule has 6 nitrogen and oxygen atoms in total. The number of hydrogen-bond donors (Lipinski definition) is 2. The van der Waals surface area contributed by atoms with Crippen molar-refractivity contribution in [2.24, 2.45) is 5.10 Å². The predicted octanol–water partition coefficient (Wildman–Crippen LogP) is 3.54. The minimum Gasteiger partial charge on any atom is -0.503 e. The van der Waals surface area contributed by atoms with Crippen molar-refractivity contribution in [3.05, 3.63) is 52.5 Å². The van der Waals surface area contributed by atoms with Gasteiger partial charge in [-0.1, -0.05) is 23.7 Å². The Morgan fingerprint density at radius 3 is 2.54 bits per heavy atom. The first kappa shape index (κ1) is 19.6. The van der Waals surface area contributed by atoms with Crippen molar-refractivity contribution in [2.75, 3.05) is 13.2 Å². The molecule has 0 fully saturated rings. The Kier molecular flexibility index (Phi) is 7.29. The van der Waals surface area contributed by atoms with Gasteiger partial charge in [0.15, 0.2) is 11.5 Å². The molecule has 2 N–H and O–H groups in total. The van der Waals surface area contributed by atoms with Gasteiger partial charge in [0, 0.05) is 0 Å². The third-order valence-electron chi connectivity index (χ3n) is 3.35. The molecule has 0 unspecified atom stereocenters. The summed E-state index contributed by atoms with van der Waals surface area (Å²) in [5.74, 6) is 0.664. The van der Waals surface area contributed by atoms with Crippen LogP contribution >= 0.6 is 11.6 Å². The molecule has 0 saturated carbocycles.